The fourth-order valence-corrected chi connectivity index (χ4v) is 1.25. The van der Waals surface area contributed by atoms with Gasteiger partial charge in [0.05, 0.1) is 0 Å². The van der Waals surface area contributed by atoms with Crippen LogP contribution in [0.1, 0.15) is 19.8 Å². The Morgan fingerprint density at radius 1 is 1.50 bits per heavy atom. The predicted octanol–water partition coefficient (Wildman–Crippen LogP) is 0.612. The van der Waals surface area contributed by atoms with E-state index in [0.29, 0.717) is 0 Å². The standard InChI is InChI=1S/C7H15N3/c1-6-2-4-10(5-3-6)7(8)9/h6H,2-5H2,1H3,(H3,8,9). The second-order valence-electron chi connectivity index (χ2n) is 3.05. The first-order valence-electron chi connectivity index (χ1n) is 3.79. The molecule has 0 atom stereocenters. The molecule has 3 heteroatoms. The summed E-state index contributed by atoms with van der Waals surface area (Å²) in [6.45, 7) is 4.18. The van der Waals surface area contributed by atoms with E-state index in [1.807, 2.05) is 4.90 Å². The van der Waals surface area contributed by atoms with Crippen LogP contribution in [0.4, 0.5) is 0 Å². The van der Waals surface area contributed by atoms with Gasteiger partial charge in [0.1, 0.15) is 0 Å². The van der Waals surface area contributed by atoms with Crippen LogP contribution in [0.2, 0.25) is 0 Å². The normalized spacial score (nSPS) is 21.1. The van der Waals surface area contributed by atoms with Crippen molar-refractivity contribution in [3.05, 3.63) is 0 Å². The number of piperidine rings is 1. The van der Waals surface area contributed by atoms with E-state index in [2.05, 4.69) is 6.92 Å². The molecule has 0 spiro atoms. The number of guanidine groups is 1. The van der Waals surface area contributed by atoms with Crippen molar-refractivity contribution in [2.45, 2.75) is 19.8 Å². The Balaban J connectivity index is 2.33. The molecule has 0 amide bonds. The van der Waals surface area contributed by atoms with Gasteiger partial charge in [-0.1, -0.05) is 6.92 Å². The highest BCUT2D eigenvalue weighted by molar-refractivity contribution is 5.74. The number of nitrogens with one attached hydrogen (secondary N) is 1. The Morgan fingerprint density at radius 3 is 2.40 bits per heavy atom. The maximum absolute atomic E-state index is 7.16. The second-order valence-corrected chi connectivity index (χ2v) is 3.05. The molecule has 1 heterocycles. The molecule has 10 heavy (non-hydrogen) atoms. The van der Waals surface area contributed by atoms with E-state index in [1.165, 1.54) is 12.8 Å². The topological polar surface area (TPSA) is 53.1 Å². The highest BCUT2D eigenvalue weighted by Gasteiger charge is 2.15. The van der Waals surface area contributed by atoms with Crippen LogP contribution in [-0.4, -0.2) is 23.9 Å². The van der Waals surface area contributed by atoms with Gasteiger partial charge in [0.15, 0.2) is 5.96 Å². The maximum atomic E-state index is 7.16. The van der Waals surface area contributed by atoms with E-state index in [1.54, 1.807) is 0 Å². The fraction of sp³-hybridized carbons (Fsp3) is 0.857. The lowest BCUT2D eigenvalue weighted by molar-refractivity contribution is 0.277. The number of hydrogen-bond acceptors (Lipinski definition) is 1. The van der Waals surface area contributed by atoms with Gasteiger partial charge < -0.3 is 10.6 Å². The minimum absolute atomic E-state index is 0.229. The summed E-state index contributed by atoms with van der Waals surface area (Å²) < 4.78 is 0. The highest BCUT2D eigenvalue weighted by atomic mass is 15.2. The summed E-state index contributed by atoms with van der Waals surface area (Å²) in [7, 11) is 0. The largest absolute Gasteiger partial charge is 0.370 e. The van der Waals surface area contributed by atoms with Crippen molar-refractivity contribution in [1.82, 2.24) is 4.90 Å². The van der Waals surface area contributed by atoms with Crippen LogP contribution in [0, 0.1) is 11.3 Å². The molecule has 3 N–H and O–H groups in total. The minimum atomic E-state index is 0.229. The molecule has 0 saturated carbocycles. The number of likely N-dealkylation sites (tertiary alicyclic amines) is 1. The number of nitrogens with two attached hydrogens (primary N) is 1. The van der Waals surface area contributed by atoms with Gasteiger partial charge in [0.25, 0.3) is 0 Å². The van der Waals surface area contributed by atoms with Crippen molar-refractivity contribution in [3.8, 4) is 0 Å². The summed E-state index contributed by atoms with van der Waals surface area (Å²) in [6.07, 6.45) is 2.36. The van der Waals surface area contributed by atoms with Crippen molar-refractivity contribution in [2.75, 3.05) is 13.1 Å². The molecule has 0 unspecified atom stereocenters. The molecular weight excluding hydrogens is 126 g/mol. The highest BCUT2D eigenvalue weighted by Crippen LogP contribution is 2.14. The lowest BCUT2D eigenvalue weighted by atomic mass is 10.00. The van der Waals surface area contributed by atoms with Crippen LogP contribution in [0.25, 0.3) is 0 Å². The van der Waals surface area contributed by atoms with Crippen molar-refractivity contribution < 1.29 is 0 Å². The quantitative estimate of drug-likeness (QED) is 0.383. The van der Waals surface area contributed by atoms with Gasteiger partial charge in [-0.2, -0.15) is 0 Å². The van der Waals surface area contributed by atoms with Gasteiger partial charge in [0.2, 0.25) is 0 Å². The molecule has 1 rings (SSSR count). The van der Waals surface area contributed by atoms with Crippen LogP contribution in [-0.2, 0) is 0 Å². The Bertz CT molecular complexity index is 125. The van der Waals surface area contributed by atoms with Crippen molar-refractivity contribution in [3.63, 3.8) is 0 Å². The summed E-state index contributed by atoms with van der Waals surface area (Å²) in [5.74, 6) is 1.04. The van der Waals surface area contributed by atoms with Crippen LogP contribution in [0.5, 0.6) is 0 Å². The Labute approximate surface area is 61.7 Å². The molecule has 0 radical (unpaired) electrons. The average Bonchev–Trinajstić information content (AvgIpc) is 1.88. The van der Waals surface area contributed by atoms with Gasteiger partial charge in [-0.25, -0.2) is 0 Å². The summed E-state index contributed by atoms with van der Waals surface area (Å²) in [5.41, 5.74) is 5.32. The zero-order chi connectivity index (χ0) is 7.56. The summed E-state index contributed by atoms with van der Waals surface area (Å²) >= 11 is 0. The molecule has 0 aliphatic carbocycles. The zero-order valence-corrected chi connectivity index (χ0v) is 6.43. The van der Waals surface area contributed by atoms with Gasteiger partial charge in [-0.3, -0.25) is 5.41 Å². The Kier molecular flexibility index (Phi) is 2.14. The van der Waals surface area contributed by atoms with E-state index >= 15 is 0 Å². The van der Waals surface area contributed by atoms with E-state index in [-0.39, 0.29) is 5.96 Å². The number of nitrogens with zero attached hydrogens (tertiary/aromatic N) is 1. The SMILES string of the molecule is CC1CCN(C(=N)N)CC1. The Morgan fingerprint density at radius 2 is 2.00 bits per heavy atom. The smallest absolute Gasteiger partial charge is 0.188 e. The lowest BCUT2D eigenvalue weighted by Crippen LogP contribution is -2.41. The molecule has 0 aromatic heterocycles. The van der Waals surface area contributed by atoms with Gasteiger partial charge in [-0.05, 0) is 18.8 Å². The average molecular weight is 141 g/mol. The van der Waals surface area contributed by atoms with Crippen molar-refractivity contribution in [1.29, 1.82) is 5.41 Å². The van der Waals surface area contributed by atoms with Crippen LogP contribution >= 0.6 is 0 Å². The third-order valence-electron chi connectivity index (χ3n) is 2.12. The van der Waals surface area contributed by atoms with Gasteiger partial charge >= 0.3 is 0 Å². The first kappa shape index (κ1) is 7.38. The van der Waals surface area contributed by atoms with E-state index < -0.39 is 0 Å². The first-order valence-corrected chi connectivity index (χ1v) is 3.79. The van der Waals surface area contributed by atoms with E-state index in [0.717, 1.165) is 19.0 Å². The molecule has 0 aromatic rings. The molecule has 1 fully saturated rings. The molecule has 0 bridgehead atoms. The maximum Gasteiger partial charge on any atom is 0.188 e. The molecule has 1 aliphatic heterocycles. The molecule has 1 saturated heterocycles. The van der Waals surface area contributed by atoms with Crippen LogP contribution in [0.15, 0.2) is 0 Å². The lowest BCUT2D eigenvalue weighted by Gasteiger charge is -2.30. The predicted molar refractivity (Wildman–Crippen MR) is 41.9 cm³/mol. The van der Waals surface area contributed by atoms with E-state index in [9.17, 15) is 0 Å². The summed E-state index contributed by atoms with van der Waals surface area (Å²) in [4.78, 5) is 1.93. The first-order chi connectivity index (χ1) is 4.70. The van der Waals surface area contributed by atoms with Crippen LogP contribution < -0.4 is 5.73 Å². The zero-order valence-electron chi connectivity index (χ0n) is 6.43. The second kappa shape index (κ2) is 2.90. The molecule has 3 nitrogen and oxygen atoms in total. The molecule has 0 aromatic carbocycles. The molecule has 58 valence electrons. The number of rotatable bonds is 0. The van der Waals surface area contributed by atoms with Crippen LogP contribution in [0.3, 0.4) is 0 Å². The van der Waals surface area contributed by atoms with Crippen molar-refractivity contribution >= 4 is 5.96 Å². The minimum Gasteiger partial charge on any atom is -0.370 e. The summed E-state index contributed by atoms with van der Waals surface area (Å²) in [5, 5.41) is 7.16. The van der Waals surface area contributed by atoms with Gasteiger partial charge in [-0.15, -0.1) is 0 Å². The van der Waals surface area contributed by atoms with Crippen molar-refractivity contribution in [2.24, 2.45) is 11.7 Å². The molecular formula is C7H15N3. The van der Waals surface area contributed by atoms with Gasteiger partial charge in [0, 0.05) is 13.1 Å². The Hall–Kier alpha value is -0.730. The fourth-order valence-electron chi connectivity index (χ4n) is 1.25. The summed E-state index contributed by atoms with van der Waals surface area (Å²) in [6, 6.07) is 0. The third kappa shape index (κ3) is 1.62. The van der Waals surface area contributed by atoms with E-state index in [4.69, 9.17) is 11.1 Å². The molecule has 1 aliphatic rings. The monoisotopic (exact) mass is 141 g/mol. The number of hydrogen-bond donors (Lipinski definition) is 2. The third-order valence-corrected chi connectivity index (χ3v) is 2.12.